The third-order valence-electron chi connectivity index (χ3n) is 4.89. The number of hydrogen-bond acceptors (Lipinski definition) is 6. The van der Waals surface area contributed by atoms with Crippen molar-refractivity contribution in [1.29, 1.82) is 0 Å². The third kappa shape index (κ3) is 5.31. The Balaban J connectivity index is 1.71. The van der Waals surface area contributed by atoms with Crippen molar-refractivity contribution in [2.45, 2.75) is 32.5 Å². The van der Waals surface area contributed by atoms with Crippen LogP contribution in [0.5, 0.6) is 0 Å². The summed E-state index contributed by atoms with van der Waals surface area (Å²) in [5.41, 5.74) is -1.28. The number of amides is 1. The average Bonchev–Trinajstić information content (AvgIpc) is 2.72. The SMILES string of the molecule is CC(=O)OC(C)(C)C(=O)N1CCN(c2nccc(-c3cccc(C(F)(F)F)c3)n2)CC1. The van der Waals surface area contributed by atoms with Crippen LogP contribution >= 0.6 is 0 Å². The maximum Gasteiger partial charge on any atom is 0.416 e. The molecule has 0 radical (unpaired) electrons. The normalized spacial score (nSPS) is 15.0. The number of rotatable bonds is 4. The van der Waals surface area contributed by atoms with Crippen LogP contribution in [0.25, 0.3) is 11.3 Å². The van der Waals surface area contributed by atoms with Crippen molar-refractivity contribution in [2.24, 2.45) is 0 Å². The molecule has 0 aliphatic carbocycles. The van der Waals surface area contributed by atoms with E-state index in [1.807, 2.05) is 4.90 Å². The van der Waals surface area contributed by atoms with Crippen molar-refractivity contribution in [3.05, 3.63) is 42.1 Å². The predicted octanol–water partition coefficient (Wildman–Crippen LogP) is 3.15. The number of anilines is 1. The van der Waals surface area contributed by atoms with Crippen LogP contribution in [0.3, 0.4) is 0 Å². The molecule has 1 amide bonds. The van der Waals surface area contributed by atoms with Gasteiger partial charge in [-0.05, 0) is 32.0 Å². The van der Waals surface area contributed by atoms with Gasteiger partial charge in [-0.3, -0.25) is 9.59 Å². The van der Waals surface area contributed by atoms with Crippen LogP contribution in [0.4, 0.5) is 19.1 Å². The lowest BCUT2D eigenvalue weighted by Gasteiger charge is -2.38. The summed E-state index contributed by atoms with van der Waals surface area (Å²) < 4.78 is 44.1. The maximum atomic E-state index is 13.0. The highest BCUT2D eigenvalue weighted by Crippen LogP contribution is 2.32. The molecule has 7 nitrogen and oxygen atoms in total. The molecule has 1 saturated heterocycles. The van der Waals surface area contributed by atoms with E-state index in [2.05, 4.69) is 9.97 Å². The molecule has 0 N–H and O–H groups in total. The summed E-state index contributed by atoms with van der Waals surface area (Å²) in [7, 11) is 0. The van der Waals surface area contributed by atoms with Gasteiger partial charge in [0.15, 0.2) is 5.60 Å². The van der Waals surface area contributed by atoms with Crippen molar-refractivity contribution >= 4 is 17.8 Å². The molecule has 1 aliphatic heterocycles. The van der Waals surface area contributed by atoms with Crippen molar-refractivity contribution < 1.29 is 27.5 Å². The fraction of sp³-hybridized carbons (Fsp3) is 0.429. The standard InChI is InChI=1S/C21H23F3N4O3/c1-14(29)31-20(2,3)18(30)27-9-11-28(12-10-27)19-25-8-7-17(26-19)15-5-4-6-16(13-15)21(22,23)24/h4-8,13H,9-12H2,1-3H3. The molecule has 10 heteroatoms. The summed E-state index contributed by atoms with van der Waals surface area (Å²) in [6.45, 7) is 5.97. The van der Waals surface area contributed by atoms with Gasteiger partial charge >= 0.3 is 12.1 Å². The van der Waals surface area contributed by atoms with Crippen LogP contribution in [0.15, 0.2) is 36.5 Å². The molecule has 0 bridgehead atoms. The van der Waals surface area contributed by atoms with Crippen molar-refractivity contribution in [2.75, 3.05) is 31.1 Å². The summed E-state index contributed by atoms with van der Waals surface area (Å²) in [4.78, 5) is 36.0. The Bertz CT molecular complexity index is 970. The number of hydrogen-bond donors (Lipinski definition) is 0. The highest BCUT2D eigenvalue weighted by atomic mass is 19.4. The summed E-state index contributed by atoms with van der Waals surface area (Å²) in [6, 6.07) is 6.53. The van der Waals surface area contributed by atoms with Gasteiger partial charge in [-0.15, -0.1) is 0 Å². The van der Waals surface area contributed by atoms with Crippen LogP contribution in [0, 0.1) is 0 Å². The molecule has 1 aromatic carbocycles. The molecule has 2 aromatic rings. The first-order valence-corrected chi connectivity index (χ1v) is 9.72. The number of benzene rings is 1. The van der Waals surface area contributed by atoms with Gasteiger partial charge in [0.2, 0.25) is 5.95 Å². The van der Waals surface area contributed by atoms with Gasteiger partial charge in [-0.25, -0.2) is 9.97 Å². The predicted molar refractivity (Wildman–Crippen MR) is 107 cm³/mol. The van der Waals surface area contributed by atoms with Crippen molar-refractivity contribution in [3.63, 3.8) is 0 Å². The number of aromatic nitrogens is 2. The number of carbonyl (C=O) groups is 2. The first kappa shape index (κ1) is 22.5. The van der Waals surface area contributed by atoms with Crippen LogP contribution in [0.1, 0.15) is 26.3 Å². The summed E-state index contributed by atoms with van der Waals surface area (Å²) in [6.07, 6.45) is -2.94. The fourth-order valence-corrected chi connectivity index (χ4v) is 3.41. The minimum atomic E-state index is -4.44. The van der Waals surface area contributed by atoms with Crippen molar-refractivity contribution in [1.82, 2.24) is 14.9 Å². The van der Waals surface area contributed by atoms with E-state index in [-0.39, 0.29) is 5.91 Å². The van der Waals surface area contributed by atoms with Gasteiger partial charge in [-0.1, -0.05) is 12.1 Å². The summed E-state index contributed by atoms with van der Waals surface area (Å²) in [5, 5.41) is 0. The zero-order chi connectivity index (χ0) is 22.8. The molecular weight excluding hydrogens is 413 g/mol. The van der Waals surface area contributed by atoms with Crippen LogP contribution < -0.4 is 4.90 Å². The topological polar surface area (TPSA) is 75.6 Å². The quantitative estimate of drug-likeness (QED) is 0.686. The number of ether oxygens (including phenoxy) is 1. The van der Waals surface area contributed by atoms with Crippen molar-refractivity contribution in [3.8, 4) is 11.3 Å². The lowest BCUT2D eigenvalue weighted by atomic mass is 10.1. The molecule has 166 valence electrons. The number of esters is 1. The second kappa shape index (κ2) is 8.52. The number of halogens is 3. The Kier molecular flexibility index (Phi) is 6.19. The number of alkyl halides is 3. The third-order valence-corrected chi connectivity index (χ3v) is 4.89. The van der Waals surface area contributed by atoms with E-state index in [0.29, 0.717) is 43.4 Å². The van der Waals surface area contributed by atoms with E-state index in [0.717, 1.165) is 12.1 Å². The molecule has 1 fully saturated rings. The molecule has 1 aliphatic rings. The molecule has 1 aromatic heterocycles. The largest absolute Gasteiger partial charge is 0.450 e. The fourth-order valence-electron chi connectivity index (χ4n) is 3.41. The Labute approximate surface area is 177 Å². The molecule has 0 spiro atoms. The Hall–Kier alpha value is -3.17. The molecule has 0 atom stereocenters. The van der Waals surface area contributed by atoms with Gasteiger partial charge < -0.3 is 14.5 Å². The zero-order valence-electron chi connectivity index (χ0n) is 17.4. The smallest absolute Gasteiger partial charge is 0.416 e. The summed E-state index contributed by atoms with van der Waals surface area (Å²) in [5.74, 6) is -0.445. The van der Waals surface area contributed by atoms with Gasteiger partial charge in [0, 0.05) is 44.9 Å². The van der Waals surface area contributed by atoms with E-state index in [1.165, 1.54) is 19.2 Å². The maximum absolute atomic E-state index is 13.0. The Morgan fingerprint density at radius 1 is 1.06 bits per heavy atom. The van der Waals surface area contributed by atoms with Crippen LogP contribution in [-0.2, 0) is 20.5 Å². The average molecular weight is 436 g/mol. The number of carbonyl (C=O) groups excluding carboxylic acids is 2. The minimum Gasteiger partial charge on any atom is -0.450 e. The Morgan fingerprint density at radius 2 is 1.74 bits per heavy atom. The monoisotopic (exact) mass is 436 g/mol. The molecule has 2 heterocycles. The molecule has 0 saturated carbocycles. The minimum absolute atomic E-state index is 0.291. The summed E-state index contributed by atoms with van der Waals surface area (Å²) >= 11 is 0. The lowest BCUT2D eigenvalue weighted by Crippen LogP contribution is -2.55. The first-order chi connectivity index (χ1) is 14.5. The second-order valence-electron chi connectivity index (χ2n) is 7.70. The molecule has 0 unspecified atom stereocenters. The van der Waals surface area contributed by atoms with Gasteiger partial charge in [0.25, 0.3) is 5.91 Å². The zero-order valence-corrected chi connectivity index (χ0v) is 17.4. The van der Waals surface area contributed by atoms with Gasteiger partial charge in [0.1, 0.15) is 0 Å². The van der Waals surface area contributed by atoms with E-state index < -0.39 is 23.3 Å². The highest BCUT2D eigenvalue weighted by Gasteiger charge is 2.36. The van der Waals surface area contributed by atoms with Gasteiger partial charge in [0.05, 0.1) is 11.3 Å². The van der Waals surface area contributed by atoms with Crippen LogP contribution in [-0.4, -0.2) is 58.5 Å². The van der Waals surface area contributed by atoms with E-state index >= 15 is 0 Å². The second-order valence-corrected chi connectivity index (χ2v) is 7.70. The van der Waals surface area contributed by atoms with E-state index in [1.54, 1.807) is 30.9 Å². The molecule has 3 rings (SSSR count). The van der Waals surface area contributed by atoms with Gasteiger partial charge in [-0.2, -0.15) is 13.2 Å². The molecular formula is C21H23F3N4O3. The Morgan fingerprint density at radius 3 is 2.35 bits per heavy atom. The number of nitrogens with zero attached hydrogens (tertiary/aromatic N) is 4. The lowest BCUT2D eigenvalue weighted by molar-refractivity contribution is -0.168. The highest BCUT2D eigenvalue weighted by molar-refractivity contribution is 5.87. The van der Waals surface area contributed by atoms with E-state index in [4.69, 9.17) is 4.74 Å². The molecule has 31 heavy (non-hydrogen) atoms. The number of piperazine rings is 1. The van der Waals surface area contributed by atoms with E-state index in [9.17, 15) is 22.8 Å². The first-order valence-electron chi connectivity index (χ1n) is 9.72. The van der Waals surface area contributed by atoms with Crippen LogP contribution in [0.2, 0.25) is 0 Å².